The SMILES string of the molecule is COc1ccc2sc(C(=O)Nc3ccc(Oc4ccccc4)cc3)c(Cl)c2c1. The molecule has 0 radical (unpaired) electrons. The van der Waals surface area contributed by atoms with E-state index in [4.69, 9.17) is 21.1 Å². The first-order chi connectivity index (χ1) is 13.6. The molecular weight excluding hydrogens is 394 g/mol. The molecule has 0 aliphatic carbocycles. The highest BCUT2D eigenvalue weighted by molar-refractivity contribution is 7.21. The lowest BCUT2D eigenvalue weighted by Crippen LogP contribution is -2.10. The van der Waals surface area contributed by atoms with E-state index in [2.05, 4.69) is 5.32 Å². The molecule has 6 heteroatoms. The molecule has 0 aliphatic rings. The number of ether oxygens (including phenoxy) is 2. The Hall–Kier alpha value is -3.02. The van der Waals surface area contributed by atoms with Gasteiger partial charge in [0.05, 0.1) is 12.1 Å². The van der Waals surface area contributed by atoms with Gasteiger partial charge >= 0.3 is 0 Å². The Morgan fingerprint density at radius 1 is 0.929 bits per heavy atom. The summed E-state index contributed by atoms with van der Waals surface area (Å²) >= 11 is 7.79. The van der Waals surface area contributed by atoms with E-state index in [-0.39, 0.29) is 5.91 Å². The summed E-state index contributed by atoms with van der Waals surface area (Å²) in [5.41, 5.74) is 0.663. The van der Waals surface area contributed by atoms with Crippen LogP contribution in [0, 0.1) is 0 Å². The van der Waals surface area contributed by atoms with Gasteiger partial charge < -0.3 is 14.8 Å². The number of hydrogen-bond acceptors (Lipinski definition) is 4. The molecule has 1 N–H and O–H groups in total. The predicted molar refractivity (Wildman–Crippen MR) is 114 cm³/mol. The van der Waals surface area contributed by atoms with Gasteiger partial charge in [0.2, 0.25) is 0 Å². The van der Waals surface area contributed by atoms with E-state index < -0.39 is 0 Å². The van der Waals surface area contributed by atoms with Crippen LogP contribution in [0.15, 0.2) is 72.8 Å². The van der Waals surface area contributed by atoms with Crippen LogP contribution in [0.5, 0.6) is 17.2 Å². The van der Waals surface area contributed by atoms with E-state index in [1.54, 1.807) is 31.4 Å². The second-order valence-corrected chi connectivity index (χ2v) is 7.43. The highest BCUT2D eigenvalue weighted by Crippen LogP contribution is 2.37. The highest BCUT2D eigenvalue weighted by Gasteiger charge is 2.18. The van der Waals surface area contributed by atoms with Crippen LogP contribution in [0.25, 0.3) is 10.1 Å². The number of nitrogens with one attached hydrogen (secondary N) is 1. The fourth-order valence-electron chi connectivity index (χ4n) is 2.74. The van der Waals surface area contributed by atoms with Crippen LogP contribution in [0.1, 0.15) is 9.67 Å². The van der Waals surface area contributed by atoms with Crippen LogP contribution in [-0.2, 0) is 0 Å². The van der Waals surface area contributed by atoms with E-state index in [9.17, 15) is 4.79 Å². The van der Waals surface area contributed by atoms with Crippen molar-refractivity contribution in [3.05, 3.63) is 82.7 Å². The summed E-state index contributed by atoms with van der Waals surface area (Å²) in [6.45, 7) is 0. The van der Waals surface area contributed by atoms with Gasteiger partial charge in [-0.3, -0.25) is 4.79 Å². The number of benzene rings is 3. The van der Waals surface area contributed by atoms with Gasteiger partial charge in [-0.05, 0) is 54.6 Å². The zero-order valence-electron chi connectivity index (χ0n) is 14.9. The van der Waals surface area contributed by atoms with Crippen LogP contribution in [0.3, 0.4) is 0 Å². The largest absolute Gasteiger partial charge is 0.497 e. The van der Waals surface area contributed by atoms with Crippen molar-refractivity contribution in [1.82, 2.24) is 0 Å². The van der Waals surface area contributed by atoms with Crippen molar-refractivity contribution >= 4 is 44.6 Å². The second-order valence-electron chi connectivity index (χ2n) is 6.00. The number of hydrogen-bond donors (Lipinski definition) is 1. The van der Waals surface area contributed by atoms with Gasteiger partial charge in [0.25, 0.3) is 5.91 Å². The van der Waals surface area contributed by atoms with E-state index in [0.29, 0.717) is 27.1 Å². The van der Waals surface area contributed by atoms with Gasteiger partial charge in [-0.15, -0.1) is 11.3 Å². The number of halogens is 1. The minimum absolute atomic E-state index is 0.248. The molecular formula is C22H16ClNO3S. The lowest BCUT2D eigenvalue weighted by atomic mass is 10.2. The molecule has 0 bridgehead atoms. The lowest BCUT2D eigenvalue weighted by Gasteiger charge is -2.07. The predicted octanol–water partition coefficient (Wildman–Crippen LogP) is 6.61. The van der Waals surface area contributed by atoms with Gasteiger partial charge in [-0.2, -0.15) is 0 Å². The molecule has 1 aromatic heterocycles. The maximum Gasteiger partial charge on any atom is 0.267 e. The fraction of sp³-hybridized carbons (Fsp3) is 0.0455. The summed E-state index contributed by atoms with van der Waals surface area (Å²) in [4.78, 5) is 13.2. The Bertz CT molecular complexity index is 1120. The van der Waals surface area contributed by atoms with Crippen LogP contribution in [0.2, 0.25) is 5.02 Å². The molecule has 3 aromatic carbocycles. The summed E-state index contributed by atoms with van der Waals surface area (Å²) in [7, 11) is 1.60. The van der Waals surface area contributed by atoms with Crippen LogP contribution in [0.4, 0.5) is 5.69 Å². The number of thiophene rings is 1. The molecule has 0 aliphatic heterocycles. The molecule has 1 amide bonds. The van der Waals surface area contributed by atoms with Crippen molar-refractivity contribution < 1.29 is 14.3 Å². The molecule has 28 heavy (non-hydrogen) atoms. The van der Waals surface area contributed by atoms with Gasteiger partial charge in [0, 0.05) is 15.8 Å². The maximum absolute atomic E-state index is 12.7. The number of methoxy groups -OCH3 is 1. The van der Waals surface area contributed by atoms with E-state index in [1.807, 2.05) is 48.5 Å². The number of carbonyl (C=O) groups is 1. The number of amides is 1. The third kappa shape index (κ3) is 3.81. The molecule has 0 fully saturated rings. The standard InChI is InChI=1S/C22H16ClNO3S/c1-26-17-11-12-19-18(13-17)20(23)21(28-19)22(25)24-14-7-9-16(10-8-14)27-15-5-3-2-4-6-15/h2-13H,1H3,(H,24,25). The van der Waals surface area contributed by atoms with Crippen molar-refractivity contribution in [2.45, 2.75) is 0 Å². The third-order valence-electron chi connectivity index (χ3n) is 4.13. The topological polar surface area (TPSA) is 47.6 Å². The first kappa shape index (κ1) is 18.3. The Morgan fingerprint density at radius 2 is 1.61 bits per heavy atom. The van der Waals surface area contributed by atoms with Crippen LogP contribution in [-0.4, -0.2) is 13.0 Å². The average molecular weight is 410 g/mol. The molecule has 0 saturated heterocycles. The normalized spacial score (nSPS) is 10.6. The van der Waals surface area contributed by atoms with Crippen molar-refractivity contribution in [3.8, 4) is 17.2 Å². The minimum Gasteiger partial charge on any atom is -0.497 e. The Labute approximate surface area is 171 Å². The number of rotatable bonds is 5. The van der Waals surface area contributed by atoms with Gasteiger partial charge in [0.15, 0.2) is 0 Å². The average Bonchev–Trinajstić information content (AvgIpc) is 3.06. The maximum atomic E-state index is 12.7. The number of fused-ring (bicyclic) bond motifs is 1. The summed E-state index contributed by atoms with van der Waals surface area (Å²) in [5, 5.41) is 4.12. The van der Waals surface area contributed by atoms with Crippen molar-refractivity contribution in [2.24, 2.45) is 0 Å². The molecule has 140 valence electrons. The first-order valence-corrected chi connectivity index (χ1v) is 9.74. The highest BCUT2D eigenvalue weighted by atomic mass is 35.5. The Morgan fingerprint density at radius 3 is 2.32 bits per heavy atom. The van der Waals surface area contributed by atoms with E-state index >= 15 is 0 Å². The minimum atomic E-state index is -0.248. The lowest BCUT2D eigenvalue weighted by molar-refractivity contribution is 0.103. The van der Waals surface area contributed by atoms with E-state index in [0.717, 1.165) is 15.8 Å². The molecule has 1 heterocycles. The quantitative estimate of drug-likeness (QED) is 0.403. The number of anilines is 1. The molecule has 0 unspecified atom stereocenters. The van der Waals surface area contributed by atoms with Gasteiger partial charge in [0.1, 0.15) is 22.1 Å². The third-order valence-corrected chi connectivity index (χ3v) is 5.81. The van der Waals surface area contributed by atoms with Crippen LogP contribution < -0.4 is 14.8 Å². The summed E-state index contributed by atoms with van der Waals surface area (Å²) < 4.78 is 11.9. The Balaban J connectivity index is 1.50. The van der Waals surface area contributed by atoms with Gasteiger partial charge in [-0.1, -0.05) is 29.8 Å². The van der Waals surface area contributed by atoms with Crippen molar-refractivity contribution in [1.29, 1.82) is 0 Å². The molecule has 0 saturated carbocycles. The number of para-hydroxylation sites is 1. The zero-order valence-corrected chi connectivity index (χ0v) is 16.5. The monoisotopic (exact) mass is 409 g/mol. The molecule has 4 rings (SSSR count). The van der Waals surface area contributed by atoms with E-state index in [1.165, 1.54) is 11.3 Å². The van der Waals surface area contributed by atoms with Gasteiger partial charge in [-0.25, -0.2) is 0 Å². The Kier molecular flexibility index (Phi) is 5.19. The summed E-state index contributed by atoms with van der Waals surface area (Å²) in [5.74, 6) is 1.90. The molecule has 4 aromatic rings. The first-order valence-electron chi connectivity index (χ1n) is 8.54. The molecule has 0 atom stereocenters. The molecule has 0 spiro atoms. The molecule has 4 nitrogen and oxygen atoms in total. The van der Waals surface area contributed by atoms with Crippen LogP contribution >= 0.6 is 22.9 Å². The van der Waals surface area contributed by atoms with Crippen molar-refractivity contribution in [2.75, 3.05) is 12.4 Å². The zero-order chi connectivity index (χ0) is 19.5. The smallest absolute Gasteiger partial charge is 0.267 e. The summed E-state index contributed by atoms with van der Waals surface area (Å²) in [6.07, 6.45) is 0. The summed E-state index contributed by atoms with van der Waals surface area (Å²) in [6, 6.07) is 22.3. The number of carbonyl (C=O) groups excluding carboxylic acids is 1. The fourth-order valence-corrected chi connectivity index (χ4v) is 4.12. The second kappa shape index (κ2) is 7.92. The van der Waals surface area contributed by atoms with Crippen molar-refractivity contribution in [3.63, 3.8) is 0 Å².